The van der Waals surface area contributed by atoms with Crippen molar-refractivity contribution in [3.05, 3.63) is 18.7 Å². The van der Waals surface area contributed by atoms with Gasteiger partial charge in [0.2, 0.25) is 0 Å². The summed E-state index contributed by atoms with van der Waals surface area (Å²) in [5.41, 5.74) is 0.567. The molecule has 3 nitrogen and oxygen atoms in total. The van der Waals surface area contributed by atoms with Crippen LogP contribution in [0.2, 0.25) is 0 Å². The lowest BCUT2D eigenvalue weighted by Gasteiger charge is -2.22. The topological polar surface area (TPSA) is 29.9 Å². The summed E-state index contributed by atoms with van der Waals surface area (Å²) in [6.45, 7) is 7.10. The van der Waals surface area contributed by atoms with Crippen molar-refractivity contribution >= 4 is 0 Å². The Kier molecular flexibility index (Phi) is 5.44. The number of imidazole rings is 1. The van der Waals surface area contributed by atoms with Gasteiger partial charge in [0, 0.05) is 25.0 Å². The van der Waals surface area contributed by atoms with E-state index in [1.54, 1.807) is 0 Å². The Morgan fingerprint density at radius 1 is 1.26 bits per heavy atom. The summed E-state index contributed by atoms with van der Waals surface area (Å²) in [6.07, 6.45) is 15.2. The largest absolute Gasteiger partial charge is 0.337 e. The molecule has 0 spiro atoms. The van der Waals surface area contributed by atoms with Crippen molar-refractivity contribution in [1.82, 2.24) is 14.9 Å². The Hall–Kier alpha value is -0.830. The smallest absolute Gasteiger partial charge is 0.0945 e. The Balaban J connectivity index is 1.55. The van der Waals surface area contributed by atoms with Crippen LogP contribution >= 0.6 is 0 Å². The monoisotopic (exact) mass is 263 g/mol. The molecule has 0 radical (unpaired) electrons. The first-order valence-corrected chi connectivity index (χ1v) is 7.85. The van der Waals surface area contributed by atoms with Crippen LogP contribution in [-0.2, 0) is 6.54 Å². The molecular formula is C16H29N3. The van der Waals surface area contributed by atoms with E-state index in [-0.39, 0.29) is 0 Å². The summed E-state index contributed by atoms with van der Waals surface area (Å²) in [7, 11) is 0. The minimum absolute atomic E-state index is 0.567. The van der Waals surface area contributed by atoms with Gasteiger partial charge >= 0.3 is 0 Å². The van der Waals surface area contributed by atoms with Crippen LogP contribution < -0.4 is 5.32 Å². The quantitative estimate of drug-likeness (QED) is 0.627. The summed E-state index contributed by atoms with van der Waals surface area (Å²) in [4.78, 5) is 4.07. The third kappa shape index (κ3) is 5.35. The van der Waals surface area contributed by atoms with Crippen molar-refractivity contribution in [1.29, 1.82) is 0 Å². The van der Waals surface area contributed by atoms with Gasteiger partial charge in [-0.25, -0.2) is 4.98 Å². The highest BCUT2D eigenvalue weighted by Gasteiger charge is 2.23. The summed E-state index contributed by atoms with van der Waals surface area (Å²) in [5, 5.41) is 3.75. The van der Waals surface area contributed by atoms with Crippen molar-refractivity contribution in [2.45, 2.75) is 71.4 Å². The van der Waals surface area contributed by atoms with Gasteiger partial charge in [0.25, 0.3) is 0 Å². The Bertz CT molecular complexity index is 343. The molecule has 1 unspecified atom stereocenters. The molecule has 0 amide bonds. The molecule has 1 saturated carbocycles. The van der Waals surface area contributed by atoms with E-state index in [0.29, 0.717) is 5.41 Å². The van der Waals surface area contributed by atoms with Crippen LogP contribution in [0.1, 0.15) is 58.8 Å². The van der Waals surface area contributed by atoms with Crippen LogP contribution in [0.25, 0.3) is 0 Å². The fourth-order valence-corrected chi connectivity index (χ4v) is 3.01. The van der Waals surface area contributed by atoms with Gasteiger partial charge in [-0.3, -0.25) is 0 Å². The average molecular weight is 263 g/mol. The fourth-order valence-electron chi connectivity index (χ4n) is 3.01. The van der Waals surface area contributed by atoms with E-state index in [2.05, 4.69) is 28.7 Å². The van der Waals surface area contributed by atoms with Crippen molar-refractivity contribution < 1.29 is 0 Å². The van der Waals surface area contributed by atoms with E-state index >= 15 is 0 Å². The molecule has 0 bridgehead atoms. The highest BCUT2D eigenvalue weighted by molar-refractivity contribution is 4.79. The lowest BCUT2D eigenvalue weighted by Crippen LogP contribution is -2.29. The molecule has 3 heteroatoms. The molecule has 1 N–H and O–H groups in total. The van der Waals surface area contributed by atoms with Gasteiger partial charge in [-0.15, -0.1) is 0 Å². The lowest BCUT2D eigenvalue weighted by atomic mass is 9.85. The van der Waals surface area contributed by atoms with Gasteiger partial charge in [0.1, 0.15) is 0 Å². The molecule has 108 valence electrons. The second-order valence-electron chi connectivity index (χ2n) is 6.75. The Labute approximate surface area is 117 Å². The van der Waals surface area contributed by atoms with Crippen molar-refractivity contribution in [2.75, 3.05) is 6.54 Å². The minimum atomic E-state index is 0.567. The molecule has 1 heterocycles. The maximum absolute atomic E-state index is 4.07. The predicted molar refractivity (Wildman–Crippen MR) is 80.1 cm³/mol. The summed E-state index contributed by atoms with van der Waals surface area (Å²) in [6, 6.07) is 0.759. The van der Waals surface area contributed by atoms with Gasteiger partial charge in [-0.2, -0.15) is 0 Å². The lowest BCUT2D eigenvalue weighted by molar-refractivity contribution is 0.309. The van der Waals surface area contributed by atoms with E-state index in [9.17, 15) is 0 Å². The van der Waals surface area contributed by atoms with Crippen LogP contribution in [-0.4, -0.2) is 22.1 Å². The molecule has 0 aliphatic heterocycles. The maximum atomic E-state index is 4.07. The first kappa shape index (κ1) is 14.6. The van der Waals surface area contributed by atoms with Crippen LogP contribution in [0.4, 0.5) is 0 Å². The molecule has 1 fully saturated rings. The zero-order valence-electron chi connectivity index (χ0n) is 12.6. The molecule has 0 aromatic carbocycles. The van der Waals surface area contributed by atoms with E-state index in [1.807, 2.05) is 18.7 Å². The molecule has 1 aliphatic rings. The standard InChI is InChI=1S/C16H29N3/c1-16(2)8-5-6-15(7-9-16)18-10-3-4-12-19-13-11-17-14-19/h11,13-15,18H,3-10,12H2,1-2H3. The number of nitrogens with one attached hydrogen (secondary N) is 1. The van der Waals surface area contributed by atoms with E-state index in [1.165, 1.54) is 51.5 Å². The second-order valence-corrected chi connectivity index (χ2v) is 6.75. The second kappa shape index (κ2) is 7.09. The molecule has 19 heavy (non-hydrogen) atoms. The van der Waals surface area contributed by atoms with E-state index in [4.69, 9.17) is 0 Å². The van der Waals surface area contributed by atoms with Gasteiger partial charge in [-0.1, -0.05) is 20.3 Å². The van der Waals surface area contributed by atoms with Gasteiger partial charge in [-0.05, 0) is 50.5 Å². The number of hydrogen-bond donors (Lipinski definition) is 1. The number of rotatable bonds is 6. The first-order chi connectivity index (χ1) is 9.16. The molecule has 1 aliphatic carbocycles. The summed E-state index contributed by atoms with van der Waals surface area (Å²) < 4.78 is 2.16. The highest BCUT2D eigenvalue weighted by atomic mass is 15.0. The number of hydrogen-bond acceptors (Lipinski definition) is 2. The van der Waals surface area contributed by atoms with Crippen molar-refractivity contribution in [2.24, 2.45) is 5.41 Å². The predicted octanol–water partition coefficient (Wildman–Crippen LogP) is 3.61. The van der Waals surface area contributed by atoms with E-state index in [0.717, 1.165) is 12.6 Å². The van der Waals surface area contributed by atoms with Crippen LogP contribution in [0.15, 0.2) is 18.7 Å². The molecule has 2 rings (SSSR count). The zero-order chi connectivity index (χ0) is 13.6. The molecule has 1 aromatic heterocycles. The minimum Gasteiger partial charge on any atom is -0.337 e. The number of unbranched alkanes of at least 4 members (excludes halogenated alkanes) is 1. The van der Waals surface area contributed by atoms with Gasteiger partial charge in [0.05, 0.1) is 6.33 Å². The average Bonchev–Trinajstić information content (AvgIpc) is 2.81. The Morgan fingerprint density at radius 3 is 2.95 bits per heavy atom. The van der Waals surface area contributed by atoms with Gasteiger partial charge < -0.3 is 9.88 Å². The van der Waals surface area contributed by atoms with Crippen LogP contribution in [0, 0.1) is 5.41 Å². The van der Waals surface area contributed by atoms with Crippen molar-refractivity contribution in [3.63, 3.8) is 0 Å². The SMILES string of the molecule is CC1(C)CCCC(NCCCCn2ccnc2)CC1. The van der Waals surface area contributed by atoms with E-state index < -0.39 is 0 Å². The van der Waals surface area contributed by atoms with Crippen LogP contribution in [0.3, 0.4) is 0 Å². The third-order valence-electron chi connectivity index (χ3n) is 4.41. The number of nitrogens with zero attached hydrogens (tertiary/aromatic N) is 2. The van der Waals surface area contributed by atoms with Gasteiger partial charge in [0.15, 0.2) is 0 Å². The Morgan fingerprint density at radius 2 is 2.16 bits per heavy atom. The number of aromatic nitrogens is 2. The molecule has 0 saturated heterocycles. The molecule has 1 aromatic rings. The molecular weight excluding hydrogens is 234 g/mol. The highest BCUT2D eigenvalue weighted by Crippen LogP contribution is 2.33. The summed E-state index contributed by atoms with van der Waals surface area (Å²) in [5.74, 6) is 0. The van der Waals surface area contributed by atoms with Crippen LogP contribution in [0.5, 0.6) is 0 Å². The normalized spacial score (nSPS) is 23.2. The fraction of sp³-hybridized carbons (Fsp3) is 0.812. The third-order valence-corrected chi connectivity index (χ3v) is 4.41. The van der Waals surface area contributed by atoms with Crippen molar-refractivity contribution in [3.8, 4) is 0 Å². The molecule has 1 atom stereocenters. The maximum Gasteiger partial charge on any atom is 0.0945 e. The zero-order valence-corrected chi connectivity index (χ0v) is 12.6. The first-order valence-electron chi connectivity index (χ1n) is 7.85. The number of aryl methyl sites for hydroxylation is 1. The summed E-state index contributed by atoms with van der Waals surface area (Å²) >= 11 is 0.